The van der Waals surface area contributed by atoms with E-state index in [9.17, 15) is 9.18 Å². The van der Waals surface area contributed by atoms with Gasteiger partial charge in [0.05, 0.1) is 18.2 Å². The lowest BCUT2D eigenvalue weighted by Crippen LogP contribution is -2.36. The summed E-state index contributed by atoms with van der Waals surface area (Å²) in [4.78, 5) is 12.8. The number of carbonyl (C=O) groups is 1. The first-order valence-corrected chi connectivity index (χ1v) is 8.40. The third kappa shape index (κ3) is 3.41. The highest BCUT2D eigenvalue weighted by Crippen LogP contribution is 2.33. The van der Waals surface area contributed by atoms with Crippen molar-refractivity contribution >= 4 is 18.3 Å². The number of aromatic nitrogens is 2. The van der Waals surface area contributed by atoms with Gasteiger partial charge in [-0.2, -0.15) is 5.10 Å². The number of hydrogen-bond donors (Lipinski definition) is 2. The molecule has 5 nitrogen and oxygen atoms in total. The number of fused-ring (bicyclic) bond motifs is 1. The summed E-state index contributed by atoms with van der Waals surface area (Å²) in [6.07, 6.45) is 5.46. The topological polar surface area (TPSA) is 59.0 Å². The molecule has 0 saturated carbocycles. The number of halogens is 2. The molecule has 3 atom stereocenters. The average Bonchev–Trinajstić information content (AvgIpc) is 3.26. The van der Waals surface area contributed by atoms with Crippen molar-refractivity contribution in [3.8, 4) is 0 Å². The van der Waals surface area contributed by atoms with Crippen LogP contribution in [0.25, 0.3) is 0 Å². The van der Waals surface area contributed by atoms with Crippen LogP contribution in [-0.2, 0) is 18.3 Å². The van der Waals surface area contributed by atoms with E-state index in [2.05, 4.69) is 15.7 Å². The first kappa shape index (κ1) is 17.9. The first-order chi connectivity index (χ1) is 11.6. The number of benzene rings is 1. The Morgan fingerprint density at radius 2 is 2.24 bits per heavy atom. The van der Waals surface area contributed by atoms with Crippen molar-refractivity contribution < 1.29 is 9.18 Å². The maximum Gasteiger partial charge on any atom is 0.225 e. The maximum absolute atomic E-state index is 13.3. The van der Waals surface area contributed by atoms with E-state index in [1.807, 2.05) is 19.4 Å². The Hall–Kier alpha value is -1.92. The van der Waals surface area contributed by atoms with Crippen LogP contribution < -0.4 is 10.6 Å². The van der Waals surface area contributed by atoms with Gasteiger partial charge in [-0.15, -0.1) is 12.4 Å². The third-order valence-corrected chi connectivity index (χ3v) is 5.20. The highest BCUT2D eigenvalue weighted by atomic mass is 35.5. The molecular formula is C18H22ClFN4O. The lowest BCUT2D eigenvalue weighted by molar-refractivity contribution is -0.125. The number of nitrogens with one attached hydrogen (secondary N) is 2. The van der Waals surface area contributed by atoms with Crippen molar-refractivity contribution in [2.45, 2.75) is 24.8 Å². The van der Waals surface area contributed by atoms with E-state index in [4.69, 9.17) is 0 Å². The molecule has 2 aliphatic rings. The van der Waals surface area contributed by atoms with Crippen LogP contribution in [0.1, 0.15) is 35.1 Å². The van der Waals surface area contributed by atoms with Gasteiger partial charge in [-0.25, -0.2) is 4.39 Å². The smallest absolute Gasteiger partial charge is 0.225 e. The lowest BCUT2D eigenvalue weighted by Gasteiger charge is -2.21. The summed E-state index contributed by atoms with van der Waals surface area (Å²) in [5.74, 6) is -0.0973. The fraction of sp³-hybridized carbons (Fsp3) is 0.444. The molecule has 1 aliphatic carbocycles. The zero-order chi connectivity index (χ0) is 16.7. The summed E-state index contributed by atoms with van der Waals surface area (Å²) in [6, 6.07) is 4.84. The molecule has 0 radical (unpaired) electrons. The van der Waals surface area contributed by atoms with Gasteiger partial charge in [0.15, 0.2) is 0 Å². The maximum atomic E-state index is 13.3. The molecule has 1 aromatic heterocycles. The Morgan fingerprint density at radius 3 is 3.00 bits per heavy atom. The minimum atomic E-state index is -0.211. The van der Waals surface area contributed by atoms with Gasteiger partial charge in [0.25, 0.3) is 0 Å². The molecule has 7 heteroatoms. The quantitative estimate of drug-likeness (QED) is 0.876. The molecular weight excluding hydrogens is 343 g/mol. The van der Waals surface area contributed by atoms with Crippen molar-refractivity contribution in [3.05, 3.63) is 53.1 Å². The van der Waals surface area contributed by atoms with Crippen LogP contribution in [0.4, 0.5) is 4.39 Å². The number of carbonyl (C=O) groups excluding carboxylic acids is 1. The van der Waals surface area contributed by atoms with Gasteiger partial charge in [0.2, 0.25) is 5.91 Å². The lowest BCUT2D eigenvalue weighted by atomic mass is 9.90. The second-order valence-electron chi connectivity index (χ2n) is 6.76. The molecule has 0 bridgehead atoms. The summed E-state index contributed by atoms with van der Waals surface area (Å²) in [5, 5.41) is 10.7. The second kappa shape index (κ2) is 7.14. The van der Waals surface area contributed by atoms with Crippen LogP contribution in [0.3, 0.4) is 0 Å². The predicted octanol–water partition coefficient (Wildman–Crippen LogP) is 2.09. The Bertz CT molecular complexity index is 778. The molecule has 1 aliphatic heterocycles. The van der Waals surface area contributed by atoms with Gasteiger partial charge in [0.1, 0.15) is 5.82 Å². The molecule has 2 heterocycles. The van der Waals surface area contributed by atoms with Crippen LogP contribution in [0.15, 0.2) is 30.6 Å². The minimum Gasteiger partial charge on any atom is -0.349 e. The zero-order valence-corrected chi connectivity index (χ0v) is 14.9. The zero-order valence-electron chi connectivity index (χ0n) is 14.0. The number of aryl methyl sites for hydroxylation is 2. The molecule has 1 amide bonds. The molecule has 2 aromatic rings. The Kier molecular flexibility index (Phi) is 5.11. The molecule has 1 unspecified atom stereocenters. The van der Waals surface area contributed by atoms with Crippen molar-refractivity contribution in [2.75, 3.05) is 13.1 Å². The fourth-order valence-corrected chi connectivity index (χ4v) is 3.95. The summed E-state index contributed by atoms with van der Waals surface area (Å²) in [6.45, 7) is 1.46. The van der Waals surface area contributed by atoms with Crippen LogP contribution in [0, 0.1) is 11.7 Å². The van der Waals surface area contributed by atoms with E-state index in [1.54, 1.807) is 16.8 Å². The van der Waals surface area contributed by atoms with Gasteiger partial charge >= 0.3 is 0 Å². The standard InChI is InChI=1S/C18H21FN4O.ClH/c1-23-10-12(7-21-23)15-8-20-9-16(15)18(24)22-17-5-2-11-6-13(19)3-4-14(11)17;/h3-4,6-7,10,15-17,20H,2,5,8-9H2,1H3,(H,22,24);1H/t15-,16+,17?;/m1./s1. The summed E-state index contributed by atoms with van der Waals surface area (Å²) >= 11 is 0. The van der Waals surface area contributed by atoms with E-state index in [0.717, 1.165) is 36.1 Å². The number of hydrogen-bond acceptors (Lipinski definition) is 3. The van der Waals surface area contributed by atoms with Gasteiger partial charge in [0, 0.05) is 32.3 Å². The van der Waals surface area contributed by atoms with Crippen molar-refractivity contribution in [2.24, 2.45) is 13.0 Å². The largest absolute Gasteiger partial charge is 0.349 e. The molecule has 1 fully saturated rings. The SMILES string of the molecule is Cl.Cn1cc([C@H]2CNC[C@@H]2C(=O)NC2CCc3cc(F)ccc32)cn1. The van der Waals surface area contributed by atoms with Crippen LogP contribution >= 0.6 is 12.4 Å². The summed E-state index contributed by atoms with van der Waals surface area (Å²) < 4.78 is 15.1. The van der Waals surface area contributed by atoms with Crippen LogP contribution in [0.2, 0.25) is 0 Å². The fourth-order valence-electron chi connectivity index (χ4n) is 3.95. The normalized spacial score (nSPS) is 24.6. The molecule has 25 heavy (non-hydrogen) atoms. The number of amides is 1. The molecule has 4 rings (SSSR count). The molecule has 0 spiro atoms. The van der Waals surface area contributed by atoms with E-state index in [-0.39, 0.29) is 42.0 Å². The van der Waals surface area contributed by atoms with Crippen molar-refractivity contribution in [1.29, 1.82) is 0 Å². The van der Waals surface area contributed by atoms with E-state index >= 15 is 0 Å². The molecule has 1 saturated heterocycles. The van der Waals surface area contributed by atoms with Crippen molar-refractivity contribution in [3.63, 3.8) is 0 Å². The van der Waals surface area contributed by atoms with Gasteiger partial charge in [-0.3, -0.25) is 9.48 Å². The summed E-state index contributed by atoms with van der Waals surface area (Å²) in [5.41, 5.74) is 3.15. The van der Waals surface area contributed by atoms with Crippen molar-refractivity contribution in [1.82, 2.24) is 20.4 Å². The minimum absolute atomic E-state index is 0. The Labute approximate surface area is 152 Å². The van der Waals surface area contributed by atoms with E-state index in [0.29, 0.717) is 6.54 Å². The van der Waals surface area contributed by atoms with E-state index in [1.165, 1.54) is 6.07 Å². The average molecular weight is 365 g/mol. The number of nitrogens with zero attached hydrogens (tertiary/aromatic N) is 2. The highest BCUT2D eigenvalue weighted by Gasteiger charge is 2.36. The predicted molar refractivity (Wildman–Crippen MR) is 95.2 cm³/mol. The molecule has 134 valence electrons. The highest BCUT2D eigenvalue weighted by molar-refractivity contribution is 5.85. The molecule has 2 N–H and O–H groups in total. The van der Waals surface area contributed by atoms with Gasteiger partial charge in [-0.1, -0.05) is 6.07 Å². The monoisotopic (exact) mass is 364 g/mol. The first-order valence-electron chi connectivity index (χ1n) is 8.40. The Morgan fingerprint density at radius 1 is 1.40 bits per heavy atom. The van der Waals surface area contributed by atoms with Gasteiger partial charge < -0.3 is 10.6 Å². The second-order valence-corrected chi connectivity index (χ2v) is 6.76. The Balaban J connectivity index is 0.00000182. The van der Waals surface area contributed by atoms with Crippen LogP contribution in [0.5, 0.6) is 0 Å². The number of rotatable bonds is 3. The van der Waals surface area contributed by atoms with Gasteiger partial charge in [-0.05, 0) is 41.7 Å². The van der Waals surface area contributed by atoms with Crippen LogP contribution in [-0.4, -0.2) is 28.8 Å². The third-order valence-electron chi connectivity index (χ3n) is 5.20. The summed E-state index contributed by atoms with van der Waals surface area (Å²) in [7, 11) is 1.88. The van der Waals surface area contributed by atoms with E-state index < -0.39 is 0 Å². The molecule has 1 aromatic carbocycles.